The Balaban J connectivity index is 2.18. The molecule has 1 fully saturated rings. The highest BCUT2D eigenvalue weighted by Crippen LogP contribution is 2.48. The van der Waals surface area contributed by atoms with E-state index in [1.54, 1.807) is 12.4 Å². The van der Waals surface area contributed by atoms with Crippen molar-refractivity contribution >= 4 is 0 Å². The predicted molar refractivity (Wildman–Crippen MR) is 82.2 cm³/mol. The number of hydrogen-bond acceptors (Lipinski definition) is 3. The first-order valence-electron chi connectivity index (χ1n) is 7.79. The van der Waals surface area contributed by atoms with E-state index in [1.165, 1.54) is 12.8 Å². The summed E-state index contributed by atoms with van der Waals surface area (Å²) in [4.78, 5) is 4.17. The lowest BCUT2D eigenvalue weighted by molar-refractivity contribution is -0.0153. The van der Waals surface area contributed by atoms with Crippen molar-refractivity contribution in [2.24, 2.45) is 23.0 Å². The van der Waals surface area contributed by atoms with E-state index < -0.39 is 6.10 Å². The fourth-order valence-electron chi connectivity index (χ4n) is 3.56. The molecule has 1 aliphatic carbocycles. The van der Waals surface area contributed by atoms with Crippen molar-refractivity contribution in [2.75, 3.05) is 6.54 Å². The van der Waals surface area contributed by atoms with Gasteiger partial charge in [-0.2, -0.15) is 0 Å². The molecule has 20 heavy (non-hydrogen) atoms. The van der Waals surface area contributed by atoms with Crippen LogP contribution in [0.1, 0.15) is 56.8 Å². The number of aromatic nitrogens is 1. The van der Waals surface area contributed by atoms with Crippen LogP contribution in [0.25, 0.3) is 0 Å². The topological polar surface area (TPSA) is 59.1 Å². The molecule has 1 heterocycles. The fraction of sp³-hybridized carbons (Fsp3) is 0.706. The Labute approximate surface area is 122 Å². The first-order valence-corrected chi connectivity index (χ1v) is 7.79. The third kappa shape index (κ3) is 2.89. The second-order valence-electron chi connectivity index (χ2n) is 6.78. The highest BCUT2D eigenvalue weighted by molar-refractivity contribution is 5.26. The lowest BCUT2D eigenvalue weighted by atomic mass is 9.64. The monoisotopic (exact) mass is 276 g/mol. The second kappa shape index (κ2) is 6.23. The molecule has 0 bridgehead atoms. The molecular weight excluding hydrogens is 248 g/mol. The van der Waals surface area contributed by atoms with Crippen molar-refractivity contribution < 1.29 is 5.11 Å². The van der Waals surface area contributed by atoms with Crippen LogP contribution in [0, 0.1) is 24.2 Å². The summed E-state index contributed by atoms with van der Waals surface area (Å²) in [6, 6.07) is 1.96. The average Bonchev–Trinajstić information content (AvgIpc) is 2.47. The highest BCUT2D eigenvalue weighted by atomic mass is 16.3. The Hall–Kier alpha value is -0.930. The molecule has 0 saturated heterocycles. The summed E-state index contributed by atoms with van der Waals surface area (Å²) in [5.74, 6) is 1.50. The molecule has 1 aromatic heterocycles. The van der Waals surface area contributed by atoms with E-state index in [4.69, 9.17) is 5.73 Å². The summed E-state index contributed by atoms with van der Waals surface area (Å²) >= 11 is 0. The van der Waals surface area contributed by atoms with Crippen LogP contribution in [0.5, 0.6) is 0 Å². The van der Waals surface area contributed by atoms with Gasteiger partial charge < -0.3 is 10.8 Å². The van der Waals surface area contributed by atoms with Gasteiger partial charge >= 0.3 is 0 Å². The molecule has 3 N–H and O–H groups in total. The van der Waals surface area contributed by atoms with Crippen LogP contribution < -0.4 is 5.73 Å². The number of aliphatic hydroxyl groups excluding tert-OH is 1. The number of nitrogens with zero attached hydrogens (tertiary/aromatic N) is 1. The largest absolute Gasteiger partial charge is 0.388 e. The van der Waals surface area contributed by atoms with E-state index >= 15 is 0 Å². The zero-order valence-corrected chi connectivity index (χ0v) is 13.0. The van der Waals surface area contributed by atoms with Crippen molar-refractivity contribution in [1.82, 2.24) is 4.98 Å². The number of rotatable bonds is 4. The zero-order chi connectivity index (χ0) is 14.8. The molecule has 2 rings (SSSR count). The average molecular weight is 276 g/mol. The summed E-state index contributed by atoms with van der Waals surface area (Å²) in [5, 5.41) is 10.9. The molecule has 3 heteroatoms. The number of hydrogen-bond donors (Lipinski definition) is 2. The molecule has 0 spiro atoms. The maximum Gasteiger partial charge on any atom is 0.0875 e. The van der Waals surface area contributed by atoms with Gasteiger partial charge in [-0.05, 0) is 56.1 Å². The normalized spacial score (nSPS) is 28.6. The summed E-state index contributed by atoms with van der Waals surface area (Å²) < 4.78 is 0. The molecule has 0 aromatic carbocycles. The zero-order valence-electron chi connectivity index (χ0n) is 13.0. The van der Waals surface area contributed by atoms with Gasteiger partial charge in [0.1, 0.15) is 0 Å². The Morgan fingerprint density at radius 1 is 1.40 bits per heavy atom. The van der Waals surface area contributed by atoms with Crippen molar-refractivity contribution in [1.29, 1.82) is 0 Å². The van der Waals surface area contributed by atoms with Crippen LogP contribution in [0.2, 0.25) is 0 Å². The highest BCUT2D eigenvalue weighted by Gasteiger charge is 2.41. The van der Waals surface area contributed by atoms with Crippen molar-refractivity contribution in [3.63, 3.8) is 0 Å². The molecule has 1 saturated carbocycles. The van der Waals surface area contributed by atoms with E-state index in [2.05, 4.69) is 18.8 Å². The van der Waals surface area contributed by atoms with Crippen molar-refractivity contribution in [2.45, 2.75) is 52.6 Å². The predicted octanol–water partition coefficient (Wildman–Crippen LogP) is 3.21. The summed E-state index contributed by atoms with van der Waals surface area (Å²) in [6.07, 6.45) is 7.46. The third-order valence-electron chi connectivity index (χ3n) is 5.33. The lowest BCUT2D eigenvalue weighted by Gasteiger charge is -2.44. The SMILES string of the molecule is Cc1ccncc1C(O)C1(CN)CCC(C(C)C)CC1. The van der Waals surface area contributed by atoms with Crippen LogP contribution >= 0.6 is 0 Å². The van der Waals surface area contributed by atoms with Gasteiger partial charge in [0.05, 0.1) is 6.10 Å². The quantitative estimate of drug-likeness (QED) is 0.887. The van der Waals surface area contributed by atoms with E-state index in [9.17, 15) is 5.11 Å². The van der Waals surface area contributed by atoms with Gasteiger partial charge in [0.25, 0.3) is 0 Å². The van der Waals surface area contributed by atoms with Gasteiger partial charge in [0.15, 0.2) is 0 Å². The Morgan fingerprint density at radius 3 is 2.55 bits per heavy atom. The van der Waals surface area contributed by atoms with Gasteiger partial charge in [0.2, 0.25) is 0 Å². The minimum atomic E-state index is -0.491. The molecule has 112 valence electrons. The summed E-state index contributed by atoms with van der Waals surface area (Å²) in [6.45, 7) is 7.17. The van der Waals surface area contributed by atoms with Crippen LogP contribution in [0.15, 0.2) is 18.5 Å². The minimum Gasteiger partial charge on any atom is -0.388 e. The van der Waals surface area contributed by atoms with E-state index in [1.807, 2.05) is 13.0 Å². The van der Waals surface area contributed by atoms with Crippen molar-refractivity contribution in [3.8, 4) is 0 Å². The molecule has 1 aromatic rings. The number of pyridine rings is 1. The first-order chi connectivity index (χ1) is 9.50. The maximum atomic E-state index is 10.9. The van der Waals surface area contributed by atoms with Gasteiger partial charge in [-0.1, -0.05) is 13.8 Å². The molecule has 0 amide bonds. The van der Waals surface area contributed by atoms with Gasteiger partial charge in [-0.15, -0.1) is 0 Å². The Kier molecular flexibility index (Phi) is 4.82. The smallest absolute Gasteiger partial charge is 0.0875 e. The first kappa shape index (κ1) is 15.5. The third-order valence-corrected chi connectivity index (χ3v) is 5.33. The van der Waals surface area contributed by atoms with Gasteiger partial charge in [0, 0.05) is 29.9 Å². The Morgan fingerprint density at radius 2 is 2.05 bits per heavy atom. The second-order valence-corrected chi connectivity index (χ2v) is 6.78. The molecular formula is C17H28N2O. The number of aryl methyl sites for hydroxylation is 1. The van der Waals surface area contributed by atoms with Crippen LogP contribution in [-0.4, -0.2) is 16.6 Å². The summed E-state index contributed by atoms with van der Waals surface area (Å²) in [7, 11) is 0. The molecule has 1 atom stereocenters. The maximum absolute atomic E-state index is 10.9. The van der Waals surface area contributed by atoms with Crippen LogP contribution in [0.3, 0.4) is 0 Å². The van der Waals surface area contributed by atoms with Crippen LogP contribution in [0.4, 0.5) is 0 Å². The van der Waals surface area contributed by atoms with E-state index in [0.717, 1.165) is 35.8 Å². The van der Waals surface area contributed by atoms with Gasteiger partial charge in [-0.25, -0.2) is 0 Å². The van der Waals surface area contributed by atoms with E-state index in [0.29, 0.717) is 6.54 Å². The summed E-state index contributed by atoms with van der Waals surface area (Å²) in [5.41, 5.74) is 7.95. The molecule has 3 nitrogen and oxygen atoms in total. The lowest BCUT2D eigenvalue weighted by Crippen LogP contribution is -2.41. The molecule has 0 aliphatic heterocycles. The molecule has 0 radical (unpaired) electrons. The number of nitrogens with two attached hydrogens (primary N) is 1. The van der Waals surface area contributed by atoms with Crippen LogP contribution in [-0.2, 0) is 0 Å². The minimum absolute atomic E-state index is 0.167. The molecule has 1 aliphatic rings. The number of aliphatic hydroxyl groups is 1. The molecule has 1 unspecified atom stereocenters. The van der Waals surface area contributed by atoms with E-state index in [-0.39, 0.29) is 5.41 Å². The fourth-order valence-corrected chi connectivity index (χ4v) is 3.56. The Bertz CT molecular complexity index is 436. The van der Waals surface area contributed by atoms with Crippen molar-refractivity contribution in [3.05, 3.63) is 29.6 Å². The van der Waals surface area contributed by atoms with Gasteiger partial charge in [-0.3, -0.25) is 4.98 Å². The standard InChI is InChI=1S/C17H28N2O/c1-12(2)14-4-7-17(11-18,8-5-14)16(20)15-10-19-9-6-13(15)3/h6,9-10,12,14,16,20H,4-5,7-8,11,18H2,1-3H3.